The molecular formula is C7H10O6. The maximum Gasteiger partial charge on any atom is 0.338 e. The molecule has 1 heterocycles. The van der Waals surface area contributed by atoms with Crippen molar-refractivity contribution in [2.45, 2.75) is 18.6 Å². The molecule has 2 unspecified atom stereocenters. The van der Waals surface area contributed by atoms with Gasteiger partial charge in [0, 0.05) is 6.42 Å². The van der Waals surface area contributed by atoms with Gasteiger partial charge >= 0.3 is 11.9 Å². The Morgan fingerprint density at radius 1 is 1.00 bits per heavy atom. The van der Waals surface area contributed by atoms with Crippen LogP contribution in [-0.4, -0.2) is 47.6 Å². The Bertz CT molecular complexity index is 191. The number of aliphatic hydroxyl groups is 2. The number of cyclic esters (lactones) is 2. The normalized spacial score (nSPS) is 30.9. The molecule has 13 heavy (non-hydrogen) atoms. The number of hydrogen-bond acceptors (Lipinski definition) is 6. The summed E-state index contributed by atoms with van der Waals surface area (Å²) in [7, 11) is 0. The number of aliphatic hydroxyl groups excluding tert-OH is 2. The van der Waals surface area contributed by atoms with E-state index in [1.54, 1.807) is 0 Å². The third-order valence-corrected chi connectivity index (χ3v) is 1.56. The highest BCUT2D eigenvalue weighted by Crippen LogP contribution is 2.03. The molecule has 0 aromatic heterocycles. The average Bonchev–Trinajstić information content (AvgIpc) is 2.16. The summed E-state index contributed by atoms with van der Waals surface area (Å²) in [5.74, 6) is -2.02. The summed E-state index contributed by atoms with van der Waals surface area (Å²) in [5.41, 5.74) is 0. The molecule has 0 amide bonds. The summed E-state index contributed by atoms with van der Waals surface area (Å²) in [4.78, 5) is 21.7. The van der Waals surface area contributed by atoms with Gasteiger partial charge in [0.15, 0.2) is 12.2 Å². The lowest BCUT2D eigenvalue weighted by molar-refractivity contribution is -0.169. The Morgan fingerprint density at radius 3 is 1.77 bits per heavy atom. The molecule has 74 valence electrons. The van der Waals surface area contributed by atoms with Gasteiger partial charge < -0.3 is 19.7 Å². The molecule has 2 N–H and O–H groups in total. The van der Waals surface area contributed by atoms with Crippen LogP contribution in [0.2, 0.25) is 0 Å². The van der Waals surface area contributed by atoms with E-state index in [2.05, 4.69) is 9.47 Å². The van der Waals surface area contributed by atoms with Crippen molar-refractivity contribution in [3.63, 3.8) is 0 Å². The molecule has 0 aromatic carbocycles. The van der Waals surface area contributed by atoms with Crippen molar-refractivity contribution in [2.24, 2.45) is 0 Å². The quantitative estimate of drug-likeness (QED) is 0.438. The number of carbonyl (C=O) groups excluding carboxylic acids is 2. The smallest absolute Gasteiger partial charge is 0.338 e. The molecule has 1 fully saturated rings. The number of hydrogen-bond donors (Lipinski definition) is 2. The average molecular weight is 190 g/mol. The summed E-state index contributed by atoms with van der Waals surface area (Å²) in [6.45, 7) is 0.131. The lowest BCUT2D eigenvalue weighted by Gasteiger charge is -2.12. The van der Waals surface area contributed by atoms with Crippen LogP contribution in [0.3, 0.4) is 0 Å². The second kappa shape index (κ2) is 4.20. The Morgan fingerprint density at radius 2 is 1.38 bits per heavy atom. The predicted molar refractivity (Wildman–Crippen MR) is 38.5 cm³/mol. The van der Waals surface area contributed by atoms with E-state index in [0.717, 1.165) is 0 Å². The van der Waals surface area contributed by atoms with Crippen molar-refractivity contribution in [3.05, 3.63) is 0 Å². The van der Waals surface area contributed by atoms with Crippen LogP contribution in [0.15, 0.2) is 0 Å². The second-order valence-electron chi connectivity index (χ2n) is 2.58. The molecule has 0 bridgehead atoms. The minimum atomic E-state index is -1.86. The van der Waals surface area contributed by atoms with E-state index in [4.69, 9.17) is 10.2 Å². The fourth-order valence-corrected chi connectivity index (χ4v) is 0.833. The maximum atomic E-state index is 10.8. The zero-order valence-corrected chi connectivity index (χ0v) is 6.80. The Kier molecular flexibility index (Phi) is 3.21. The molecule has 2 atom stereocenters. The van der Waals surface area contributed by atoms with Crippen LogP contribution < -0.4 is 0 Å². The van der Waals surface area contributed by atoms with E-state index < -0.39 is 24.1 Å². The summed E-state index contributed by atoms with van der Waals surface area (Å²) >= 11 is 0. The van der Waals surface area contributed by atoms with Crippen molar-refractivity contribution < 1.29 is 29.3 Å². The first-order valence-electron chi connectivity index (χ1n) is 3.82. The van der Waals surface area contributed by atoms with Crippen LogP contribution in [0.1, 0.15) is 6.42 Å². The van der Waals surface area contributed by atoms with E-state index in [-0.39, 0.29) is 13.2 Å². The fourth-order valence-electron chi connectivity index (χ4n) is 0.833. The molecule has 1 aliphatic heterocycles. The van der Waals surface area contributed by atoms with E-state index in [1.807, 2.05) is 0 Å². The third-order valence-electron chi connectivity index (χ3n) is 1.56. The lowest BCUT2D eigenvalue weighted by Crippen LogP contribution is -2.40. The number of esters is 2. The molecule has 0 spiro atoms. The molecule has 0 radical (unpaired) electrons. The molecule has 0 aliphatic carbocycles. The molecule has 1 rings (SSSR count). The first-order valence-corrected chi connectivity index (χ1v) is 3.82. The predicted octanol–water partition coefficient (Wildman–Crippen LogP) is -1.80. The van der Waals surface area contributed by atoms with Crippen LogP contribution in [0.4, 0.5) is 0 Å². The van der Waals surface area contributed by atoms with Gasteiger partial charge in [-0.3, -0.25) is 0 Å². The van der Waals surface area contributed by atoms with E-state index in [1.165, 1.54) is 0 Å². The molecule has 6 nitrogen and oxygen atoms in total. The topological polar surface area (TPSA) is 93.1 Å². The zero-order chi connectivity index (χ0) is 9.84. The summed E-state index contributed by atoms with van der Waals surface area (Å²) < 4.78 is 9.03. The van der Waals surface area contributed by atoms with Gasteiger partial charge in [0.25, 0.3) is 0 Å². The highest BCUT2D eigenvalue weighted by molar-refractivity contribution is 5.85. The Balaban J connectivity index is 2.68. The molecule has 0 aromatic rings. The van der Waals surface area contributed by atoms with Gasteiger partial charge in [0.1, 0.15) is 0 Å². The van der Waals surface area contributed by atoms with Crippen LogP contribution in [0.25, 0.3) is 0 Å². The van der Waals surface area contributed by atoms with Gasteiger partial charge in [-0.05, 0) is 0 Å². The number of rotatable bonds is 0. The highest BCUT2D eigenvalue weighted by atomic mass is 16.6. The van der Waals surface area contributed by atoms with Crippen LogP contribution in [-0.2, 0) is 19.1 Å². The number of ether oxygens (including phenoxy) is 2. The van der Waals surface area contributed by atoms with Gasteiger partial charge in [-0.15, -0.1) is 0 Å². The maximum absolute atomic E-state index is 10.8. The van der Waals surface area contributed by atoms with Gasteiger partial charge in [-0.25, -0.2) is 9.59 Å². The van der Waals surface area contributed by atoms with E-state index >= 15 is 0 Å². The highest BCUT2D eigenvalue weighted by Gasteiger charge is 2.33. The van der Waals surface area contributed by atoms with Crippen molar-refractivity contribution in [1.29, 1.82) is 0 Å². The first kappa shape index (κ1) is 9.94. The van der Waals surface area contributed by atoms with Gasteiger partial charge in [-0.1, -0.05) is 0 Å². The third kappa shape index (κ3) is 2.40. The molecule has 1 aliphatic rings. The van der Waals surface area contributed by atoms with Gasteiger partial charge in [-0.2, -0.15) is 0 Å². The van der Waals surface area contributed by atoms with Gasteiger partial charge in [0.05, 0.1) is 13.2 Å². The van der Waals surface area contributed by atoms with Crippen LogP contribution >= 0.6 is 0 Å². The summed E-state index contributed by atoms with van der Waals surface area (Å²) in [6.07, 6.45) is -3.35. The lowest BCUT2D eigenvalue weighted by atomic mass is 10.2. The summed E-state index contributed by atoms with van der Waals surface area (Å²) in [5, 5.41) is 18.0. The summed E-state index contributed by atoms with van der Waals surface area (Å²) in [6, 6.07) is 0. The van der Waals surface area contributed by atoms with Crippen molar-refractivity contribution >= 4 is 11.9 Å². The number of carbonyl (C=O) groups is 2. The Labute approximate surface area is 74.1 Å². The first-order chi connectivity index (χ1) is 6.13. The standard InChI is InChI=1S/C7H10O6/c8-4-5(9)7(11)13-3-1-2-12-6(4)10/h4-5,8-9H,1-3H2. The Hall–Kier alpha value is -1.14. The second-order valence-corrected chi connectivity index (χ2v) is 2.58. The minimum absolute atomic E-state index is 0.0654. The fraction of sp³-hybridized carbons (Fsp3) is 0.714. The monoisotopic (exact) mass is 190 g/mol. The largest absolute Gasteiger partial charge is 0.464 e. The molecule has 0 saturated carbocycles. The SMILES string of the molecule is O=C1OCCCOC(=O)C(O)C1O. The van der Waals surface area contributed by atoms with Gasteiger partial charge in [0.2, 0.25) is 0 Å². The van der Waals surface area contributed by atoms with Crippen LogP contribution in [0, 0.1) is 0 Å². The van der Waals surface area contributed by atoms with E-state index in [9.17, 15) is 9.59 Å². The minimum Gasteiger partial charge on any atom is -0.464 e. The van der Waals surface area contributed by atoms with Crippen LogP contribution in [0.5, 0.6) is 0 Å². The molecular weight excluding hydrogens is 180 g/mol. The van der Waals surface area contributed by atoms with Crippen molar-refractivity contribution in [2.75, 3.05) is 13.2 Å². The molecule has 6 heteroatoms. The van der Waals surface area contributed by atoms with E-state index in [0.29, 0.717) is 6.42 Å². The zero-order valence-electron chi connectivity index (χ0n) is 6.80. The van der Waals surface area contributed by atoms with Crippen molar-refractivity contribution in [3.8, 4) is 0 Å². The van der Waals surface area contributed by atoms with Crippen molar-refractivity contribution in [1.82, 2.24) is 0 Å². The molecule has 1 saturated heterocycles.